The zero-order valence-corrected chi connectivity index (χ0v) is 8.63. The maximum atomic E-state index is 5.14. The molecule has 0 radical (unpaired) electrons. The third kappa shape index (κ3) is 2.66. The molecule has 2 nitrogen and oxygen atoms in total. The summed E-state index contributed by atoms with van der Waals surface area (Å²) in [6.45, 7) is 3.77. The van der Waals surface area contributed by atoms with Gasteiger partial charge in [0.25, 0.3) is 0 Å². The molecule has 3 heteroatoms. The van der Waals surface area contributed by atoms with Gasteiger partial charge >= 0.3 is 0 Å². The van der Waals surface area contributed by atoms with Crippen LogP contribution in [0, 0.1) is 0 Å². The minimum absolute atomic E-state index is 0.735. The van der Waals surface area contributed by atoms with Crippen LogP contribution in [0.4, 0.5) is 0 Å². The Labute approximate surface area is 80.4 Å². The van der Waals surface area contributed by atoms with Crippen LogP contribution in [0.1, 0.15) is 13.8 Å². The molecule has 0 atom stereocenters. The van der Waals surface area contributed by atoms with E-state index in [1.807, 2.05) is 38.1 Å². The van der Waals surface area contributed by atoms with Gasteiger partial charge in [0, 0.05) is 0 Å². The number of nitrogens with zero attached hydrogens (tertiary/aromatic N) is 1. The quantitative estimate of drug-likeness (QED) is 0.562. The fourth-order valence-electron chi connectivity index (χ4n) is 0.659. The highest BCUT2D eigenvalue weighted by molar-refractivity contribution is 9.10. The van der Waals surface area contributed by atoms with Crippen LogP contribution in [-0.4, -0.2) is 5.71 Å². The van der Waals surface area contributed by atoms with Gasteiger partial charge in [-0.3, -0.25) is 0 Å². The first-order valence-electron chi connectivity index (χ1n) is 3.63. The molecule has 0 aliphatic carbocycles. The van der Waals surface area contributed by atoms with Gasteiger partial charge in [-0.15, -0.1) is 0 Å². The number of hydrogen-bond donors (Lipinski definition) is 0. The van der Waals surface area contributed by atoms with Gasteiger partial charge in [-0.2, -0.15) is 0 Å². The van der Waals surface area contributed by atoms with E-state index in [4.69, 9.17) is 4.84 Å². The van der Waals surface area contributed by atoms with Crippen LogP contribution in [0.2, 0.25) is 0 Å². The molecular formula is C9H10BrNO. The fourth-order valence-corrected chi connectivity index (χ4v) is 1.02. The molecule has 0 bridgehead atoms. The highest BCUT2D eigenvalue weighted by Gasteiger charge is 1.97. The van der Waals surface area contributed by atoms with Crippen molar-refractivity contribution in [2.45, 2.75) is 13.8 Å². The predicted molar refractivity (Wildman–Crippen MR) is 53.6 cm³/mol. The molecule has 1 rings (SSSR count). The Morgan fingerprint density at radius 3 is 2.58 bits per heavy atom. The molecule has 0 aliphatic heterocycles. The first-order valence-corrected chi connectivity index (χ1v) is 4.42. The molecule has 0 amide bonds. The first kappa shape index (κ1) is 9.26. The molecule has 1 aromatic rings. The smallest absolute Gasteiger partial charge is 0.172 e. The number of oxime groups is 1. The Hall–Kier alpha value is -0.830. The van der Waals surface area contributed by atoms with Crippen molar-refractivity contribution < 1.29 is 4.84 Å². The fraction of sp³-hybridized carbons (Fsp3) is 0.222. The minimum Gasteiger partial charge on any atom is -0.356 e. The summed E-state index contributed by atoms with van der Waals surface area (Å²) in [5, 5.41) is 3.84. The number of rotatable bonds is 2. The van der Waals surface area contributed by atoms with E-state index in [1.54, 1.807) is 0 Å². The summed E-state index contributed by atoms with van der Waals surface area (Å²) >= 11 is 3.35. The summed E-state index contributed by atoms with van der Waals surface area (Å²) in [6.07, 6.45) is 0. The van der Waals surface area contributed by atoms with E-state index in [0.717, 1.165) is 15.9 Å². The first-order chi connectivity index (χ1) is 5.70. The van der Waals surface area contributed by atoms with Crippen molar-refractivity contribution in [3.05, 3.63) is 28.7 Å². The van der Waals surface area contributed by atoms with Gasteiger partial charge in [0.2, 0.25) is 0 Å². The lowest BCUT2D eigenvalue weighted by Crippen LogP contribution is -1.89. The number of halogens is 1. The topological polar surface area (TPSA) is 21.6 Å². The van der Waals surface area contributed by atoms with E-state index in [-0.39, 0.29) is 0 Å². The Morgan fingerprint density at radius 1 is 1.33 bits per heavy atom. The zero-order chi connectivity index (χ0) is 8.97. The third-order valence-electron chi connectivity index (χ3n) is 1.16. The van der Waals surface area contributed by atoms with Crippen molar-refractivity contribution in [3.8, 4) is 5.75 Å². The molecule has 64 valence electrons. The Kier molecular flexibility index (Phi) is 3.29. The molecule has 0 aromatic heterocycles. The molecule has 0 heterocycles. The predicted octanol–water partition coefficient (Wildman–Crippen LogP) is 3.22. The van der Waals surface area contributed by atoms with E-state index in [9.17, 15) is 0 Å². The maximum absolute atomic E-state index is 5.14. The van der Waals surface area contributed by atoms with Crippen molar-refractivity contribution >= 4 is 21.6 Å². The number of benzene rings is 1. The van der Waals surface area contributed by atoms with Crippen molar-refractivity contribution in [1.29, 1.82) is 0 Å². The van der Waals surface area contributed by atoms with Gasteiger partial charge in [-0.05, 0) is 41.9 Å². The van der Waals surface area contributed by atoms with E-state index in [0.29, 0.717) is 0 Å². The van der Waals surface area contributed by atoms with Crippen LogP contribution in [0.25, 0.3) is 0 Å². The molecule has 0 spiro atoms. The van der Waals surface area contributed by atoms with Crippen LogP contribution >= 0.6 is 15.9 Å². The van der Waals surface area contributed by atoms with Crippen molar-refractivity contribution in [3.63, 3.8) is 0 Å². The maximum Gasteiger partial charge on any atom is 0.172 e. The van der Waals surface area contributed by atoms with Gasteiger partial charge in [-0.1, -0.05) is 17.3 Å². The normalized spacial score (nSPS) is 9.25. The molecule has 1 aromatic carbocycles. The van der Waals surface area contributed by atoms with E-state index < -0.39 is 0 Å². The van der Waals surface area contributed by atoms with Gasteiger partial charge in [-0.25, -0.2) is 0 Å². The second kappa shape index (κ2) is 4.26. The van der Waals surface area contributed by atoms with Crippen LogP contribution in [0.15, 0.2) is 33.9 Å². The lowest BCUT2D eigenvalue weighted by Gasteiger charge is -2.00. The third-order valence-corrected chi connectivity index (χ3v) is 1.82. The van der Waals surface area contributed by atoms with Gasteiger partial charge in [0.15, 0.2) is 5.75 Å². The highest BCUT2D eigenvalue weighted by atomic mass is 79.9. The summed E-state index contributed by atoms with van der Waals surface area (Å²) < 4.78 is 0.912. The monoisotopic (exact) mass is 227 g/mol. The summed E-state index contributed by atoms with van der Waals surface area (Å²) in [6, 6.07) is 7.60. The van der Waals surface area contributed by atoms with Gasteiger partial charge in [0.1, 0.15) is 0 Å². The summed E-state index contributed by atoms with van der Waals surface area (Å²) in [7, 11) is 0. The molecule has 0 saturated carbocycles. The molecule has 12 heavy (non-hydrogen) atoms. The molecular weight excluding hydrogens is 218 g/mol. The second-order valence-corrected chi connectivity index (χ2v) is 3.41. The van der Waals surface area contributed by atoms with Crippen LogP contribution < -0.4 is 4.84 Å². The number of para-hydroxylation sites is 1. The van der Waals surface area contributed by atoms with Crippen LogP contribution in [0.5, 0.6) is 5.75 Å². The largest absolute Gasteiger partial charge is 0.356 e. The molecule has 0 fully saturated rings. The SMILES string of the molecule is CC(C)=NOc1ccccc1Br. The Balaban J connectivity index is 2.76. The number of hydrogen-bond acceptors (Lipinski definition) is 2. The Morgan fingerprint density at radius 2 is 2.00 bits per heavy atom. The van der Waals surface area contributed by atoms with Crippen LogP contribution in [0.3, 0.4) is 0 Å². The standard InChI is InChI=1S/C9H10BrNO/c1-7(2)11-12-9-6-4-3-5-8(9)10/h3-6H,1-2H3. The van der Waals surface area contributed by atoms with Gasteiger partial charge < -0.3 is 4.84 Å². The highest BCUT2D eigenvalue weighted by Crippen LogP contribution is 2.23. The van der Waals surface area contributed by atoms with Crippen LogP contribution in [-0.2, 0) is 0 Å². The second-order valence-electron chi connectivity index (χ2n) is 2.56. The van der Waals surface area contributed by atoms with Gasteiger partial charge in [0.05, 0.1) is 10.2 Å². The lowest BCUT2D eigenvalue weighted by atomic mass is 10.3. The molecule has 0 unspecified atom stereocenters. The average Bonchev–Trinajstić information content (AvgIpc) is 2.03. The minimum atomic E-state index is 0.735. The van der Waals surface area contributed by atoms with Crippen molar-refractivity contribution in [2.24, 2.45) is 5.16 Å². The lowest BCUT2D eigenvalue weighted by molar-refractivity contribution is 0.338. The van der Waals surface area contributed by atoms with E-state index in [2.05, 4.69) is 21.1 Å². The van der Waals surface area contributed by atoms with E-state index in [1.165, 1.54) is 0 Å². The Bertz CT molecular complexity index is 292. The van der Waals surface area contributed by atoms with E-state index >= 15 is 0 Å². The average molecular weight is 228 g/mol. The summed E-state index contributed by atoms with van der Waals surface area (Å²) in [5.74, 6) is 0.735. The summed E-state index contributed by atoms with van der Waals surface area (Å²) in [5.41, 5.74) is 0.894. The molecule has 0 aliphatic rings. The summed E-state index contributed by atoms with van der Waals surface area (Å²) in [4.78, 5) is 5.14. The molecule has 0 N–H and O–H groups in total. The zero-order valence-electron chi connectivity index (χ0n) is 7.04. The van der Waals surface area contributed by atoms with Crippen molar-refractivity contribution in [1.82, 2.24) is 0 Å². The van der Waals surface area contributed by atoms with Crippen molar-refractivity contribution in [2.75, 3.05) is 0 Å². The molecule has 0 saturated heterocycles.